The Kier molecular flexibility index (Phi) is 8.30. The first-order chi connectivity index (χ1) is 8.46. The van der Waals surface area contributed by atoms with Gasteiger partial charge >= 0.3 is 0 Å². The van der Waals surface area contributed by atoms with Gasteiger partial charge in [-0.25, -0.2) is 0 Å². The summed E-state index contributed by atoms with van der Waals surface area (Å²) in [5.41, 5.74) is 0. The van der Waals surface area contributed by atoms with E-state index in [1.807, 2.05) is 0 Å². The molecule has 0 rings (SSSR count). The highest BCUT2D eigenvalue weighted by Crippen LogP contribution is 2.69. The molecule has 0 heterocycles. The van der Waals surface area contributed by atoms with Crippen LogP contribution in [-0.4, -0.2) is 44.2 Å². The summed E-state index contributed by atoms with van der Waals surface area (Å²) in [7, 11) is -4.88. The summed E-state index contributed by atoms with van der Waals surface area (Å²) in [6.45, 7) is 0. The predicted molar refractivity (Wildman–Crippen MR) is 86.5 cm³/mol. The van der Waals surface area contributed by atoms with Gasteiger partial charge in [-0.05, 0) is 0 Å². The Morgan fingerprint density at radius 2 is 0.750 bits per heavy atom. The van der Waals surface area contributed by atoms with Gasteiger partial charge in [-0.1, -0.05) is 104 Å². The Morgan fingerprint density at radius 3 is 0.850 bits per heavy atom. The molecule has 0 saturated heterocycles. The largest absolute Gasteiger partial charge is 0.381 e. The van der Waals surface area contributed by atoms with Crippen molar-refractivity contribution in [2.45, 2.75) is 28.9 Å². The second-order valence-corrected chi connectivity index (χ2v) is 13.6. The minimum absolute atomic E-state index is 2.48. The highest BCUT2D eigenvalue weighted by atomic mass is 35.6. The van der Waals surface area contributed by atoms with Gasteiger partial charge in [0.2, 0.25) is 11.4 Å². The van der Waals surface area contributed by atoms with E-state index in [4.69, 9.17) is 104 Å². The summed E-state index contributed by atoms with van der Waals surface area (Å²) < 4.78 is 4.88. The lowest BCUT2D eigenvalue weighted by molar-refractivity contribution is 0.176. The van der Waals surface area contributed by atoms with Gasteiger partial charge < -0.3 is 19.9 Å². The molecule has 0 spiro atoms. The van der Waals surface area contributed by atoms with Crippen LogP contribution in [0.4, 0.5) is 0 Å². The van der Waals surface area contributed by atoms with E-state index in [2.05, 4.69) is 0 Å². The molecule has 122 valence electrons. The zero-order valence-corrected chi connectivity index (χ0v) is 16.5. The highest BCUT2D eigenvalue weighted by molar-refractivity contribution is 7.66. The lowest BCUT2D eigenvalue weighted by Crippen LogP contribution is -2.43. The van der Waals surface area contributed by atoms with Crippen LogP contribution in [0, 0.1) is 0 Å². The standard InChI is InChI=1S/C6H6Cl9O4P/c7-4(8,9)1(16)20(19,2(17)5(10,11)12)3(18)6(13,14)15/h1-3,16-18H. The molecule has 0 aliphatic carbocycles. The summed E-state index contributed by atoms with van der Waals surface area (Å²) >= 11 is 48.5. The molecule has 0 radical (unpaired) electrons. The number of halogens is 9. The predicted octanol–water partition coefficient (Wildman–Crippen LogP) is 4.42. The van der Waals surface area contributed by atoms with Gasteiger partial charge in [-0.15, -0.1) is 0 Å². The molecule has 0 fully saturated rings. The quantitative estimate of drug-likeness (QED) is 0.403. The van der Waals surface area contributed by atoms with Crippen molar-refractivity contribution in [1.29, 1.82) is 0 Å². The average molecular weight is 492 g/mol. The molecular weight excluding hydrogens is 486 g/mol. The van der Waals surface area contributed by atoms with Crippen molar-refractivity contribution < 1.29 is 19.9 Å². The molecule has 20 heavy (non-hydrogen) atoms. The van der Waals surface area contributed by atoms with Crippen molar-refractivity contribution in [3.63, 3.8) is 0 Å². The first-order valence-electron chi connectivity index (χ1n) is 4.30. The Hall–Kier alpha value is 2.72. The minimum Gasteiger partial charge on any atom is -0.381 e. The van der Waals surface area contributed by atoms with Crippen LogP contribution in [0.25, 0.3) is 0 Å². The van der Waals surface area contributed by atoms with Crippen molar-refractivity contribution in [3.8, 4) is 0 Å². The van der Waals surface area contributed by atoms with Crippen LogP contribution >= 0.6 is 112 Å². The molecule has 3 unspecified atom stereocenters. The van der Waals surface area contributed by atoms with E-state index < -0.39 is 36.1 Å². The lowest BCUT2D eigenvalue weighted by Gasteiger charge is -2.39. The first-order valence-corrected chi connectivity index (χ1v) is 9.61. The van der Waals surface area contributed by atoms with E-state index in [9.17, 15) is 19.9 Å². The molecule has 0 saturated carbocycles. The Bertz CT molecular complexity index is 328. The monoisotopic (exact) mass is 488 g/mol. The van der Waals surface area contributed by atoms with Gasteiger partial charge in [0.1, 0.15) is 0 Å². The minimum atomic E-state index is -4.88. The summed E-state index contributed by atoms with van der Waals surface area (Å²) in [6, 6.07) is 0. The number of hydrogen-bond acceptors (Lipinski definition) is 4. The van der Waals surface area contributed by atoms with E-state index in [0.29, 0.717) is 0 Å². The van der Waals surface area contributed by atoms with Crippen molar-refractivity contribution in [2.75, 3.05) is 0 Å². The van der Waals surface area contributed by atoms with Crippen LogP contribution < -0.4 is 0 Å². The molecule has 0 aliphatic rings. The van der Waals surface area contributed by atoms with E-state index in [1.54, 1.807) is 0 Å². The van der Waals surface area contributed by atoms with Crippen molar-refractivity contribution in [3.05, 3.63) is 0 Å². The molecule has 0 amide bonds. The molecule has 0 aromatic carbocycles. The fraction of sp³-hybridized carbons (Fsp3) is 1.00. The van der Waals surface area contributed by atoms with Crippen LogP contribution in [0.3, 0.4) is 0 Å². The number of aliphatic hydroxyl groups excluding tert-OH is 3. The molecule has 3 atom stereocenters. The Morgan fingerprint density at radius 1 is 0.600 bits per heavy atom. The zero-order valence-electron chi connectivity index (χ0n) is 8.83. The molecule has 0 aromatic heterocycles. The fourth-order valence-corrected chi connectivity index (χ4v) is 7.38. The summed E-state index contributed by atoms with van der Waals surface area (Å²) in [5, 5.41) is 29.5. The van der Waals surface area contributed by atoms with Gasteiger partial charge in [0.15, 0.2) is 24.7 Å². The van der Waals surface area contributed by atoms with Crippen molar-refractivity contribution >= 4 is 112 Å². The molecule has 0 bridgehead atoms. The first kappa shape index (κ1) is 22.7. The third-order valence-corrected chi connectivity index (χ3v) is 8.71. The second-order valence-electron chi connectivity index (χ2n) is 3.51. The topological polar surface area (TPSA) is 77.8 Å². The molecule has 4 nitrogen and oxygen atoms in total. The molecule has 14 heteroatoms. The summed E-state index contributed by atoms with van der Waals surface area (Å²) in [4.78, 5) is 0. The number of alkyl halides is 9. The van der Waals surface area contributed by atoms with E-state index in [-0.39, 0.29) is 0 Å². The molecular formula is C6H6Cl9O4P. The summed E-state index contributed by atoms with van der Waals surface area (Å²) in [6.07, 6.45) is 0. The van der Waals surface area contributed by atoms with Crippen LogP contribution in [0.15, 0.2) is 0 Å². The molecule has 0 aromatic rings. The normalized spacial score (nSPS) is 22.0. The third kappa shape index (κ3) is 5.37. The smallest absolute Gasteiger partial charge is 0.223 e. The van der Waals surface area contributed by atoms with E-state index in [1.165, 1.54) is 0 Å². The van der Waals surface area contributed by atoms with Crippen LogP contribution in [-0.2, 0) is 4.57 Å². The van der Waals surface area contributed by atoms with Gasteiger partial charge in [0, 0.05) is 0 Å². The maximum atomic E-state index is 12.7. The Balaban J connectivity index is 6.03. The zero-order chi connectivity index (χ0) is 16.7. The van der Waals surface area contributed by atoms with E-state index >= 15 is 0 Å². The SMILES string of the molecule is O=P(C(O)C(Cl)(Cl)Cl)(C(O)C(Cl)(Cl)Cl)C(O)C(Cl)(Cl)Cl. The number of hydrogen-bond donors (Lipinski definition) is 3. The van der Waals surface area contributed by atoms with Gasteiger partial charge in [-0.3, -0.25) is 0 Å². The summed E-state index contributed by atoms with van der Waals surface area (Å²) in [5.74, 6) is -7.43. The van der Waals surface area contributed by atoms with Crippen LogP contribution in [0.2, 0.25) is 0 Å². The van der Waals surface area contributed by atoms with Crippen molar-refractivity contribution in [1.82, 2.24) is 0 Å². The van der Waals surface area contributed by atoms with Crippen LogP contribution in [0.5, 0.6) is 0 Å². The van der Waals surface area contributed by atoms with Gasteiger partial charge in [0.05, 0.1) is 0 Å². The fourth-order valence-electron chi connectivity index (χ4n) is 1.09. The number of rotatable bonds is 3. The van der Waals surface area contributed by atoms with E-state index in [0.717, 1.165) is 0 Å². The number of aliphatic hydroxyl groups is 3. The maximum absolute atomic E-state index is 12.7. The van der Waals surface area contributed by atoms with Crippen LogP contribution in [0.1, 0.15) is 0 Å². The van der Waals surface area contributed by atoms with Crippen molar-refractivity contribution in [2.24, 2.45) is 0 Å². The molecule has 0 aliphatic heterocycles. The lowest BCUT2D eigenvalue weighted by atomic mass is 10.8. The maximum Gasteiger partial charge on any atom is 0.223 e. The highest BCUT2D eigenvalue weighted by Gasteiger charge is 2.62. The third-order valence-electron chi connectivity index (χ3n) is 2.03. The van der Waals surface area contributed by atoms with Gasteiger partial charge in [-0.2, -0.15) is 0 Å². The molecule has 3 N–H and O–H groups in total. The van der Waals surface area contributed by atoms with Gasteiger partial charge in [0.25, 0.3) is 0 Å². The Labute approximate surface area is 159 Å². The second kappa shape index (κ2) is 7.31. The average Bonchev–Trinajstić information content (AvgIpc) is 2.21.